The molecule has 1 atom stereocenters. The number of ether oxygens (including phenoxy) is 1. The van der Waals surface area contributed by atoms with Crippen LogP contribution in [0, 0.1) is 5.82 Å². The highest BCUT2D eigenvalue weighted by Crippen LogP contribution is 2.14. The number of nitrogens with one attached hydrogen (secondary N) is 1. The fourth-order valence-corrected chi connectivity index (χ4v) is 3.09. The summed E-state index contributed by atoms with van der Waals surface area (Å²) in [6, 6.07) is 7.37. The minimum Gasteiger partial charge on any atom is -0.452 e. The number of benzene rings is 1. The first-order chi connectivity index (χ1) is 13.0. The Morgan fingerprint density at radius 2 is 2.11 bits per heavy atom. The molecule has 9 heteroatoms. The van der Waals surface area contributed by atoms with Crippen molar-refractivity contribution in [2.75, 3.05) is 5.32 Å². The lowest BCUT2D eigenvalue weighted by molar-refractivity contribution is -0.153. The molecule has 0 radical (unpaired) electrons. The molecule has 3 aromatic rings. The van der Waals surface area contributed by atoms with E-state index in [1.54, 1.807) is 17.5 Å². The summed E-state index contributed by atoms with van der Waals surface area (Å²) in [7, 11) is 0. The Balaban J connectivity index is 1.55. The quantitative estimate of drug-likeness (QED) is 0.655. The number of hydrogen-bond acceptors (Lipinski definition) is 6. The summed E-state index contributed by atoms with van der Waals surface area (Å²) in [6.07, 6.45) is 0.170. The number of anilines is 1. The van der Waals surface area contributed by atoms with Gasteiger partial charge in [-0.05, 0) is 30.5 Å². The van der Waals surface area contributed by atoms with Crippen LogP contribution in [-0.4, -0.2) is 27.5 Å². The number of aryl methyl sites for hydroxylation is 1. The van der Waals surface area contributed by atoms with Crippen molar-refractivity contribution in [2.24, 2.45) is 0 Å². The first-order valence-electron chi connectivity index (χ1n) is 8.13. The minimum atomic E-state index is -1.11. The second-order valence-corrected chi connectivity index (χ2v) is 6.63. The van der Waals surface area contributed by atoms with E-state index in [0.29, 0.717) is 10.2 Å². The van der Waals surface area contributed by atoms with Crippen LogP contribution in [-0.2, 0) is 20.9 Å². The van der Waals surface area contributed by atoms with Crippen LogP contribution in [0.1, 0.15) is 13.3 Å². The van der Waals surface area contributed by atoms with E-state index >= 15 is 0 Å². The Hall–Kier alpha value is -3.07. The number of amides is 1. The normalized spacial score (nSPS) is 11.9. The lowest BCUT2D eigenvalue weighted by atomic mass is 10.3. The minimum absolute atomic E-state index is 0.00657. The number of para-hydroxylation sites is 1. The Morgan fingerprint density at radius 1 is 1.33 bits per heavy atom. The lowest BCUT2D eigenvalue weighted by Gasteiger charge is -2.14. The topological polar surface area (TPSA) is 90.3 Å². The maximum atomic E-state index is 13.5. The molecule has 27 heavy (non-hydrogen) atoms. The fourth-order valence-electron chi connectivity index (χ4n) is 2.37. The maximum Gasteiger partial charge on any atom is 0.308 e. The molecule has 3 rings (SSSR count). The number of nitrogens with zero attached hydrogens (tertiary/aromatic N) is 2. The molecule has 1 amide bonds. The molecule has 0 saturated heterocycles. The summed E-state index contributed by atoms with van der Waals surface area (Å²) < 4.78 is 19.9. The molecule has 2 aromatic heterocycles. The molecule has 2 heterocycles. The van der Waals surface area contributed by atoms with E-state index in [0.717, 1.165) is 0 Å². The Bertz CT molecular complexity index is 1050. The van der Waals surface area contributed by atoms with Gasteiger partial charge in [0, 0.05) is 6.54 Å². The van der Waals surface area contributed by atoms with Crippen molar-refractivity contribution in [1.82, 2.24) is 9.55 Å². The van der Waals surface area contributed by atoms with Gasteiger partial charge < -0.3 is 10.1 Å². The monoisotopic (exact) mass is 389 g/mol. The molecular weight excluding hydrogens is 373 g/mol. The predicted octanol–water partition coefficient (Wildman–Crippen LogP) is 2.56. The zero-order valence-electron chi connectivity index (χ0n) is 14.3. The summed E-state index contributed by atoms with van der Waals surface area (Å²) in [5.74, 6) is -1.88. The highest BCUT2D eigenvalue weighted by atomic mass is 32.1. The molecule has 1 N–H and O–H groups in total. The first kappa shape index (κ1) is 18.7. The van der Waals surface area contributed by atoms with E-state index < -0.39 is 23.8 Å². The third kappa shape index (κ3) is 4.37. The van der Waals surface area contributed by atoms with Crippen LogP contribution in [0.25, 0.3) is 10.2 Å². The van der Waals surface area contributed by atoms with Crippen molar-refractivity contribution in [3.8, 4) is 0 Å². The Morgan fingerprint density at radius 3 is 2.89 bits per heavy atom. The molecular formula is C18H16FN3O4S. The fraction of sp³-hybridized carbons (Fsp3) is 0.222. The van der Waals surface area contributed by atoms with Crippen LogP contribution in [0.4, 0.5) is 10.1 Å². The third-order valence-electron chi connectivity index (χ3n) is 3.82. The number of rotatable bonds is 6. The third-order valence-corrected chi connectivity index (χ3v) is 4.64. The van der Waals surface area contributed by atoms with Gasteiger partial charge in [0.1, 0.15) is 10.6 Å². The van der Waals surface area contributed by atoms with Gasteiger partial charge in [-0.15, -0.1) is 11.3 Å². The molecule has 0 spiro atoms. The van der Waals surface area contributed by atoms with Crippen LogP contribution in [0.2, 0.25) is 0 Å². The van der Waals surface area contributed by atoms with Gasteiger partial charge in [0.05, 0.1) is 23.8 Å². The molecule has 0 bridgehead atoms. The molecule has 140 valence electrons. The zero-order chi connectivity index (χ0) is 19.4. The number of thiophene rings is 1. The molecule has 0 aliphatic heterocycles. The lowest BCUT2D eigenvalue weighted by Crippen LogP contribution is -2.31. The molecule has 0 aliphatic carbocycles. The van der Waals surface area contributed by atoms with Crippen LogP contribution in [0.5, 0.6) is 0 Å². The van der Waals surface area contributed by atoms with Crippen molar-refractivity contribution in [1.29, 1.82) is 0 Å². The Labute approximate surface area is 157 Å². The number of carbonyl (C=O) groups excluding carboxylic acids is 2. The summed E-state index contributed by atoms with van der Waals surface area (Å²) in [6.45, 7) is 1.47. The summed E-state index contributed by atoms with van der Waals surface area (Å²) >= 11 is 1.36. The van der Waals surface area contributed by atoms with Crippen LogP contribution < -0.4 is 10.9 Å². The van der Waals surface area contributed by atoms with Gasteiger partial charge in [0.15, 0.2) is 6.10 Å². The van der Waals surface area contributed by atoms with E-state index in [4.69, 9.17) is 4.74 Å². The largest absolute Gasteiger partial charge is 0.452 e. The number of aromatic nitrogens is 2. The Kier molecular flexibility index (Phi) is 5.60. The van der Waals surface area contributed by atoms with Gasteiger partial charge in [-0.2, -0.15) is 0 Å². The van der Waals surface area contributed by atoms with Crippen molar-refractivity contribution in [2.45, 2.75) is 26.0 Å². The van der Waals surface area contributed by atoms with Gasteiger partial charge in [0.25, 0.3) is 11.5 Å². The van der Waals surface area contributed by atoms with E-state index in [1.807, 2.05) is 0 Å². The zero-order valence-corrected chi connectivity index (χ0v) is 15.2. The molecule has 1 aromatic carbocycles. The molecule has 0 aliphatic rings. The van der Waals surface area contributed by atoms with E-state index in [1.165, 1.54) is 47.4 Å². The van der Waals surface area contributed by atoms with Gasteiger partial charge in [-0.25, -0.2) is 9.37 Å². The number of esters is 1. The van der Waals surface area contributed by atoms with E-state index in [9.17, 15) is 18.8 Å². The highest BCUT2D eigenvalue weighted by molar-refractivity contribution is 7.16. The number of carbonyl (C=O) groups is 2. The van der Waals surface area contributed by atoms with E-state index in [-0.39, 0.29) is 24.2 Å². The van der Waals surface area contributed by atoms with Crippen LogP contribution in [0.3, 0.4) is 0 Å². The van der Waals surface area contributed by atoms with Crippen LogP contribution >= 0.6 is 11.3 Å². The molecule has 0 fully saturated rings. The highest BCUT2D eigenvalue weighted by Gasteiger charge is 2.19. The van der Waals surface area contributed by atoms with Gasteiger partial charge in [-0.1, -0.05) is 12.1 Å². The van der Waals surface area contributed by atoms with Gasteiger partial charge in [-0.3, -0.25) is 19.0 Å². The number of halogens is 1. The van der Waals surface area contributed by atoms with Crippen molar-refractivity contribution < 1.29 is 18.7 Å². The van der Waals surface area contributed by atoms with Crippen molar-refractivity contribution in [3.63, 3.8) is 0 Å². The number of hydrogen-bond donors (Lipinski definition) is 1. The van der Waals surface area contributed by atoms with Crippen LogP contribution in [0.15, 0.2) is 46.8 Å². The van der Waals surface area contributed by atoms with E-state index in [2.05, 4.69) is 10.3 Å². The van der Waals surface area contributed by atoms with Gasteiger partial charge in [0.2, 0.25) is 0 Å². The summed E-state index contributed by atoms with van der Waals surface area (Å²) in [5, 5.41) is 4.63. The standard InChI is InChI=1S/C18H16FN3O4S/c1-11(16(24)21-14-5-3-2-4-13(14)19)26-15(23)6-8-22-10-20-17-12(18(22)25)7-9-27-17/h2-5,7,9-11H,6,8H2,1H3,(H,21,24). The smallest absolute Gasteiger partial charge is 0.308 e. The van der Waals surface area contributed by atoms with Crippen molar-refractivity contribution >= 4 is 39.1 Å². The van der Waals surface area contributed by atoms with Gasteiger partial charge >= 0.3 is 5.97 Å². The molecule has 1 unspecified atom stereocenters. The predicted molar refractivity (Wildman–Crippen MR) is 99.1 cm³/mol. The summed E-state index contributed by atoms with van der Waals surface area (Å²) in [5.41, 5.74) is -0.230. The average Bonchev–Trinajstić information content (AvgIpc) is 3.12. The SMILES string of the molecule is CC(OC(=O)CCn1cnc2sccc2c1=O)C(=O)Nc1ccccc1F. The van der Waals surface area contributed by atoms with Crippen molar-refractivity contribution in [3.05, 3.63) is 58.2 Å². The summed E-state index contributed by atoms with van der Waals surface area (Å²) in [4.78, 5) is 41.0. The molecule has 0 saturated carbocycles. The number of fused-ring (bicyclic) bond motifs is 1. The molecule has 7 nitrogen and oxygen atoms in total. The second kappa shape index (κ2) is 8.09. The first-order valence-corrected chi connectivity index (χ1v) is 9.01. The maximum absolute atomic E-state index is 13.5. The average molecular weight is 389 g/mol. The second-order valence-electron chi connectivity index (χ2n) is 5.73.